The van der Waals surface area contributed by atoms with Crippen LogP contribution in [0.3, 0.4) is 0 Å². The van der Waals surface area contributed by atoms with Gasteiger partial charge >= 0.3 is 0 Å². The van der Waals surface area contributed by atoms with Gasteiger partial charge in [0.05, 0.1) is 12.0 Å². The van der Waals surface area contributed by atoms with E-state index < -0.39 is 10.0 Å². The summed E-state index contributed by atoms with van der Waals surface area (Å²) in [7, 11) is -1.97. The summed E-state index contributed by atoms with van der Waals surface area (Å²) in [6, 6.07) is 20.1. The Labute approximate surface area is 166 Å². The molecule has 0 bridgehead atoms. The van der Waals surface area contributed by atoms with Crippen LogP contribution >= 0.6 is 0 Å². The average Bonchev–Trinajstić information content (AvgIpc) is 2.69. The zero-order chi connectivity index (χ0) is 20.1. The van der Waals surface area contributed by atoms with Gasteiger partial charge in [-0.05, 0) is 67.4 Å². The lowest BCUT2D eigenvalue weighted by atomic mass is 10.1. The van der Waals surface area contributed by atoms with Crippen molar-refractivity contribution in [1.82, 2.24) is 0 Å². The minimum atomic E-state index is -3.62. The maximum atomic E-state index is 12.6. The molecule has 0 aliphatic carbocycles. The van der Waals surface area contributed by atoms with Crippen molar-refractivity contribution < 1.29 is 13.2 Å². The molecule has 5 nitrogen and oxygen atoms in total. The molecule has 0 saturated carbocycles. The molecule has 0 aromatic heterocycles. The van der Waals surface area contributed by atoms with Crippen LogP contribution in [0, 0.1) is 13.8 Å². The van der Waals surface area contributed by atoms with Crippen LogP contribution in [0.1, 0.15) is 16.7 Å². The van der Waals surface area contributed by atoms with Gasteiger partial charge in [0.1, 0.15) is 5.75 Å². The first-order chi connectivity index (χ1) is 13.4. The van der Waals surface area contributed by atoms with Gasteiger partial charge in [-0.2, -0.15) is 0 Å². The summed E-state index contributed by atoms with van der Waals surface area (Å²) in [5.41, 5.74) is 4.45. The molecule has 146 valence electrons. The van der Waals surface area contributed by atoms with Crippen LogP contribution < -0.4 is 14.8 Å². The summed E-state index contributed by atoms with van der Waals surface area (Å²) in [6.07, 6.45) is 0. The predicted octanol–water partition coefficient (Wildman–Crippen LogP) is 4.72. The van der Waals surface area contributed by atoms with Crippen LogP contribution in [0.4, 0.5) is 11.4 Å². The SMILES string of the molecule is COc1ccccc1CNc1ccc(NS(=O)(=O)c2ccc(C)c(C)c2)cc1. The molecule has 28 heavy (non-hydrogen) atoms. The van der Waals surface area contributed by atoms with Gasteiger partial charge < -0.3 is 10.1 Å². The van der Waals surface area contributed by atoms with Gasteiger partial charge in [0, 0.05) is 23.5 Å². The molecule has 0 radical (unpaired) electrons. The molecule has 0 amide bonds. The second-order valence-corrected chi connectivity index (χ2v) is 8.28. The van der Waals surface area contributed by atoms with Crippen LogP contribution in [-0.2, 0) is 16.6 Å². The number of hydrogen-bond acceptors (Lipinski definition) is 4. The number of ether oxygens (including phenoxy) is 1. The van der Waals surface area contributed by atoms with E-state index in [2.05, 4.69) is 10.0 Å². The zero-order valence-electron chi connectivity index (χ0n) is 16.2. The number of para-hydroxylation sites is 1. The number of anilines is 2. The number of sulfonamides is 1. The lowest BCUT2D eigenvalue weighted by molar-refractivity contribution is 0.410. The van der Waals surface area contributed by atoms with Gasteiger partial charge in [0.25, 0.3) is 10.0 Å². The van der Waals surface area contributed by atoms with Crippen molar-refractivity contribution in [2.45, 2.75) is 25.3 Å². The van der Waals surface area contributed by atoms with Crippen molar-refractivity contribution >= 4 is 21.4 Å². The van der Waals surface area contributed by atoms with E-state index in [9.17, 15) is 8.42 Å². The number of rotatable bonds is 7. The summed E-state index contributed by atoms with van der Waals surface area (Å²) >= 11 is 0. The van der Waals surface area contributed by atoms with Gasteiger partial charge in [0.2, 0.25) is 0 Å². The average molecular weight is 397 g/mol. The number of methoxy groups -OCH3 is 1. The molecule has 0 atom stereocenters. The third-order valence-corrected chi connectivity index (χ3v) is 5.98. The minimum Gasteiger partial charge on any atom is -0.496 e. The Bertz CT molecular complexity index is 1060. The minimum absolute atomic E-state index is 0.258. The van der Waals surface area contributed by atoms with E-state index in [-0.39, 0.29) is 4.90 Å². The van der Waals surface area contributed by atoms with Crippen molar-refractivity contribution in [3.8, 4) is 5.75 Å². The normalized spacial score (nSPS) is 11.1. The first-order valence-corrected chi connectivity index (χ1v) is 10.4. The first-order valence-electron chi connectivity index (χ1n) is 8.95. The number of nitrogens with one attached hydrogen (secondary N) is 2. The third-order valence-electron chi connectivity index (χ3n) is 4.60. The summed E-state index contributed by atoms with van der Waals surface area (Å²) in [5.74, 6) is 0.827. The Balaban J connectivity index is 1.67. The Morgan fingerprint density at radius 2 is 1.54 bits per heavy atom. The van der Waals surface area contributed by atoms with E-state index in [1.54, 1.807) is 31.4 Å². The Morgan fingerprint density at radius 1 is 0.857 bits per heavy atom. The van der Waals surface area contributed by atoms with Crippen molar-refractivity contribution in [2.24, 2.45) is 0 Å². The van der Waals surface area contributed by atoms with E-state index >= 15 is 0 Å². The summed E-state index contributed by atoms with van der Waals surface area (Å²) in [5, 5.41) is 3.31. The Hall–Kier alpha value is -2.99. The fraction of sp³-hybridized carbons (Fsp3) is 0.182. The molecule has 3 aromatic rings. The van der Waals surface area contributed by atoms with Gasteiger partial charge in [-0.15, -0.1) is 0 Å². The predicted molar refractivity (Wildman–Crippen MR) is 113 cm³/mol. The molecule has 0 aliphatic rings. The lowest BCUT2D eigenvalue weighted by Gasteiger charge is -2.12. The van der Waals surface area contributed by atoms with Crippen molar-refractivity contribution in [1.29, 1.82) is 0 Å². The first kappa shape index (κ1) is 19.8. The van der Waals surface area contributed by atoms with Crippen molar-refractivity contribution in [2.75, 3.05) is 17.1 Å². The van der Waals surface area contributed by atoms with E-state index in [0.29, 0.717) is 12.2 Å². The van der Waals surface area contributed by atoms with E-state index in [0.717, 1.165) is 28.1 Å². The molecule has 0 heterocycles. The monoisotopic (exact) mass is 396 g/mol. The molecule has 0 unspecified atom stereocenters. The second-order valence-electron chi connectivity index (χ2n) is 6.59. The van der Waals surface area contributed by atoms with Gasteiger partial charge in [-0.1, -0.05) is 24.3 Å². The van der Waals surface area contributed by atoms with Crippen molar-refractivity contribution in [3.05, 3.63) is 83.4 Å². The number of benzene rings is 3. The largest absolute Gasteiger partial charge is 0.496 e. The van der Waals surface area contributed by atoms with E-state index in [1.165, 1.54) is 0 Å². The van der Waals surface area contributed by atoms with Crippen LogP contribution in [0.25, 0.3) is 0 Å². The van der Waals surface area contributed by atoms with Crippen LogP contribution in [0.5, 0.6) is 5.75 Å². The molecule has 0 fully saturated rings. The third kappa shape index (κ3) is 4.64. The smallest absolute Gasteiger partial charge is 0.261 e. The fourth-order valence-electron chi connectivity index (χ4n) is 2.80. The highest BCUT2D eigenvalue weighted by molar-refractivity contribution is 7.92. The van der Waals surface area contributed by atoms with Gasteiger partial charge in [0.15, 0.2) is 0 Å². The molecule has 0 aliphatic heterocycles. The number of aryl methyl sites for hydroxylation is 2. The van der Waals surface area contributed by atoms with E-state index in [4.69, 9.17) is 4.74 Å². The molecule has 6 heteroatoms. The summed E-state index contributed by atoms with van der Waals surface area (Å²) in [4.78, 5) is 0.258. The fourth-order valence-corrected chi connectivity index (χ4v) is 3.94. The molecule has 2 N–H and O–H groups in total. The highest BCUT2D eigenvalue weighted by Crippen LogP contribution is 2.22. The number of hydrogen-bond donors (Lipinski definition) is 2. The Morgan fingerprint density at radius 3 is 2.21 bits per heavy atom. The van der Waals surface area contributed by atoms with Crippen LogP contribution in [-0.4, -0.2) is 15.5 Å². The topological polar surface area (TPSA) is 67.4 Å². The van der Waals surface area contributed by atoms with Crippen LogP contribution in [0.2, 0.25) is 0 Å². The molecule has 3 rings (SSSR count). The van der Waals surface area contributed by atoms with Crippen LogP contribution in [0.15, 0.2) is 71.6 Å². The van der Waals surface area contributed by atoms with Crippen molar-refractivity contribution in [3.63, 3.8) is 0 Å². The maximum Gasteiger partial charge on any atom is 0.261 e. The summed E-state index contributed by atoms with van der Waals surface area (Å²) in [6.45, 7) is 4.46. The second kappa shape index (κ2) is 8.35. The lowest BCUT2D eigenvalue weighted by Crippen LogP contribution is -2.13. The van der Waals surface area contributed by atoms with Gasteiger partial charge in [-0.25, -0.2) is 8.42 Å². The maximum absolute atomic E-state index is 12.6. The highest BCUT2D eigenvalue weighted by Gasteiger charge is 2.14. The Kier molecular flexibility index (Phi) is 5.90. The molecular weight excluding hydrogens is 372 g/mol. The molecule has 0 spiro atoms. The molecule has 3 aromatic carbocycles. The quantitative estimate of drug-likeness (QED) is 0.606. The van der Waals surface area contributed by atoms with Gasteiger partial charge in [-0.3, -0.25) is 4.72 Å². The molecular formula is C22H24N2O3S. The van der Waals surface area contributed by atoms with E-state index in [1.807, 2.05) is 56.3 Å². The molecule has 0 saturated heterocycles. The zero-order valence-corrected chi connectivity index (χ0v) is 17.0. The standard InChI is InChI=1S/C22H24N2O3S/c1-16-8-13-21(14-17(16)2)28(25,26)24-20-11-9-19(10-12-20)23-15-18-6-4-5-7-22(18)27-3/h4-14,23-24H,15H2,1-3H3. The highest BCUT2D eigenvalue weighted by atomic mass is 32.2. The summed E-state index contributed by atoms with van der Waals surface area (Å²) < 4.78 is 33.2.